The Kier molecular flexibility index (Phi) is 4.48. The van der Waals surface area contributed by atoms with Gasteiger partial charge in [0.1, 0.15) is 7.14 Å². The van der Waals surface area contributed by atoms with Gasteiger partial charge in [-0.3, -0.25) is 0 Å². The molecular formula is C17H17ClN3O2P. The molecule has 0 aliphatic carbocycles. The van der Waals surface area contributed by atoms with Gasteiger partial charge < -0.3 is 14.6 Å². The number of fused-ring (bicyclic) bond motifs is 1. The molecular weight excluding hydrogens is 345 g/mol. The summed E-state index contributed by atoms with van der Waals surface area (Å²) in [5.41, 5.74) is 0.718. The third-order valence-corrected chi connectivity index (χ3v) is 5.38. The molecule has 0 saturated heterocycles. The molecule has 0 unspecified atom stereocenters. The largest absolute Gasteiger partial charge is 0.491 e. The average Bonchev–Trinajstić information content (AvgIpc) is 2.53. The van der Waals surface area contributed by atoms with Gasteiger partial charge in [0.2, 0.25) is 5.28 Å². The third-order valence-electron chi connectivity index (χ3n) is 3.64. The molecule has 0 spiro atoms. The summed E-state index contributed by atoms with van der Waals surface area (Å²) >= 11 is 5.89. The van der Waals surface area contributed by atoms with Crippen LogP contribution >= 0.6 is 18.7 Å². The number of rotatable bonds is 4. The first kappa shape index (κ1) is 16.7. The van der Waals surface area contributed by atoms with Gasteiger partial charge >= 0.3 is 0 Å². The van der Waals surface area contributed by atoms with E-state index in [2.05, 4.69) is 15.3 Å². The molecule has 5 nitrogen and oxygen atoms in total. The quantitative estimate of drug-likeness (QED) is 0.555. The van der Waals surface area contributed by atoms with Crippen LogP contribution in [0.2, 0.25) is 5.28 Å². The Morgan fingerprint density at radius 2 is 1.92 bits per heavy atom. The van der Waals surface area contributed by atoms with Crippen molar-refractivity contribution in [3.05, 3.63) is 47.9 Å². The Morgan fingerprint density at radius 3 is 2.62 bits per heavy atom. The van der Waals surface area contributed by atoms with Gasteiger partial charge in [-0.25, -0.2) is 4.98 Å². The Balaban J connectivity index is 2.20. The molecule has 0 fully saturated rings. The Bertz CT molecular complexity index is 956. The summed E-state index contributed by atoms with van der Waals surface area (Å²) in [4.78, 5) is 8.08. The lowest BCUT2D eigenvalue weighted by atomic mass is 10.1. The summed E-state index contributed by atoms with van der Waals surface area (Å²) in [6.45, 7) is 3.51. The number of halogens is 1. The third kappa shape index (κ3) is 3.23. The lowest BCUT2D eigenvalue weighted by Crippen LogP contribution is -2.12. The van der Waals surface area contributed by atoms with Crippen molar-refractivity contribution in [1.82, 2.24) is 9.97 Å². The van der Waals surface area contributed by atoms with E-state index >= 15 is 0 Å². The molecule has 3 rings (SSSR count). The predicted molar refractivity (Wildman–Crippen MR) is 99.9 cm³/mol. The maximum Gasteiger partial charge on any atom is 0.224 e. The average molecular weight is 362 g/mol. The van der Waals surface area contributed by atoms with Gasteiger partial charge in [0, 0.05) is 5.30 Å². The van der Waals surface area contributed by atoms with Crippen molar-refractivity contribution in [2.24, 2.45) is 0 Å². The van der Waals surface area contributed by atoms with E-state index in [1.165, 1.54) is 13.3 Å². The molecule has 2 aromatic carbocycles. The number of nitrogens with zero attached hydrogens (tertiary/aromatic N) is 2. The van der Waals surface area contributed by atoms with Crippen LogP contribution in [0.3, 0.4) is 0 Å². The molecule has 0 bridgehead atoms. The lowest BCUT2D eigenvalue weighted by Gasteiger charge is -2.18. The van der Waals surface area contributed by atoms with Crippen LogP contribution in [0.25, 0.3) is 10.8 Å². The van der Waals surface area contributed by atoms with Crippen molar-refractivity contribution in [2.75, 3.05) is 25.8 Å². The van der Waals surface area contributed by atoms with Crippen LogP contribution < -0.4 is 15.4 Å². The highest BCUT2D eigenvalue weighted by Gasteiger charge is 2.21. The highest BCUT2D eigenvalue weighted by Crippen LogP contribution is 2.42. The molecule has 0 aliphatic rings. The van der Waals surface area contributed by atoms with E-state index in [1.54, 1.807) is 13.3 Å². The van der Waals surface area contributed by atoms with Crippen molar-refractivity contribution in [3.8, 4) is 5.75 Å². The number of aromatic nitrogens is 2. The Hall–Kier alpha value is -2.10. The van der Waals surface area contributed by atoms with Gasteiger partial charge in [-0.15, -0.1) is 0 Å². The van der Waals surface area contributed by atoms with E-state index in [1.807, 2.05) is 36.4 Å². The van der Waals surface area contributed by atoms with Crippen LogP contribution in [0.15, 0.2) is 42.6 Å². The van der Waals surface area contributed by atoms with E-state index in [0.717, 1.165) is 21.8 Å². The number of hydrogen-bond donors (Lipinski definition) is 1. The van der Waals surface area contributed by atoms with Crippen molar-refractivity contribution in [2.45, 2.75) is 0 Å². The van der Waals surface area contributed by atoms with Crippen molar-refractivity contribution < 1.29 is 9.30 Å². The van der Waals surface area contributed by atoms with Crippen LogP contribution in [0.4, 0.5) is 11.5 Å². The highest BCUT2D eigenvalue weighted by molar-refractivity contribution is 7.71. The molecule has 124 valence electrons. The van der Waals surface area contributed by atoms with E-state index in [-0.39, 0.29) is 5.28 Å². The first-order valence-electron chi connectivity index (χ1n) is 7.31. The van der Waals surface area contributed by atoms with Gasteiger partial charge in [-0.1, -0.05) is 30.3 Å². The highest BCUT2D eigenvalue weighted by atomic mass is 35.5. The van der Waals surface area contributed by atoms with Crippen molar-refractivity contribution >= 4 is 46.3 Å². The molecule has 24 heavy (non-hydrogen) atoms. The van der Waals surface area contributed by atoms with Gasteiger partial charge in [0.25, 0.3) is 0 Å². The van der Waals surface area contributed by atoms with Crippen molar-refractivity contribution in [1.29, 1.82) is 0 Å². The molecule has 0 radical (unpaired) electrons. The summed E-state index contributed by atoms with van der Waals surface area (Å²) < 4.78 is 18.2. The number of methoxy groups -OCH3 is 1. The molecule has 0 aliphatic heterocycles. The van der Waals surface area contributed by atoms with E-state index < -0.39 is 7.14 Å². The fraction of sp³-hybridized carbons (Fsp3) is 0.176. The molecule has 0 amide bonds. The summed E-state index contributed by atoms with van der Waals surface area (Å²) in [5.74, 6) is 0.892. The molecule has 1 aromatic heterocycles. The summed E-state index contributed by atoms with van der Waals surface area (Å²) in [6, 6.07) is 11.7. The standard InChI is InChI=1S/C17H17ClN3O2P/c1-23-14-10-19-17(18)21-16(14)20-13-9-8-11-6-4-5-7-12(11)15(13)24(2,3)22/h4-10H,1-3H3,(H,19,20,21). The SMILES string of the molecule is COc1cnc(Cl)nc1Nc1ccc2ccccc2c1P(C)(C)=O. The summed E-state index contributed by atoms with van der Waals surface area (Å²) in [7, 11) is -1.02. The molecule has 7 heteroatoms. The van der Waals surface area contributed by atoms with Gasteiger partial charge in [-0.2, -0.15) is 4.98 Å². The zero-order chi connectivity index (χ0) is 17.3. The number of anilines is 2. The smallest absolute Gasteiger partial charge is 0.224 e. The molecule has 0 atom stereocenters. The summed E-state index contributed by atoms with van der Waals surface area (Å²) in [5, 5.41) is 6.07. The maximum absolute atomic E-state index is 12.9. The molecule has 1 heterocycles. The van der Waals surface area contributed by atoms with E-state index in [4.69, 9.17) is 16.3 Å². The van der Waals surface area contributed by atoms with Crippen molar-refractivity contribution in [3.63, 3.8) is 0 Å². The normalized spacial score (nSPS) is 11.5. The summed E-state index contributed by atoms with van der Waals surface area (Å²) in [6.07, 6.45) is 1.50. The van der Waals surface area contributed by atoms with Gasteiger partial charge in [0.15, 0.2) is 11.6 Å². The van der Waals surface area contributed by atoms with Crippen LogP contribution in [-0.4, -0.2) is 30.4 Å². The topological polar surface area (TPSA) is 64.1 Å². The number of ether oxygens (including phenoxy) is 1. The molecule has 1 N–H and O–H groups in total. The minimum Gasteiger partial charge on any atom is -0.491 e. The van der Waals surface area contributed by atoms with E-state index in [9.17, 15) is 4.57 Å². The second-order valence-electron chi connectivity index (χ2n) is 5.71. The second-order valence-corrected chi connectivity index (χ2v) is 9.20. The van der Waals surface area contributed by atoms with E-state index in [0.29, 0.717) is 11.6 Å². The lowest BCUT2D eigenvalue weighted by molar-refractivity contribution is 0.413. The molecule has 3 aromatic rings. The fourth-order valence-corrected chi connectivity index (χ4v) is 4.28. The van der Waals surface area contributed by atoms with Gasteiger partial charge in [0.05, 0.1) is 19.0 Å². The Labute approximate surface area is 145 Å². The zero-order valence-electron chi connectivity index (χ0n) is 13.6. The minimum absolute atomic E-state index is 0.108. The first-order valence-corrected chi connectivity index (χ1v) is 10.3. The van der Waals surface area contributed by atoms with Gasteiger partial charge in [-0.05, 0) is 41.8 Å². The number of hydrogen-bond acceptors (Lipinski definition) is 5. The number of nitrogens with one attached hydrogen (secondary N) is 1. The van der Waals surface area contributed by atoms with Crippen LogP contribution in [0.1, 0.15) is 0 Å². The van der Waals surface area contributed by atoms with Crippen LogP contribution in [-0.2, 0) is 4.57 Å². The predicted octanol–water partition coefficient (Wildman–Crippen LogP) is 4.28. The first-order chi connectivity index (χ1) is 11.4. The number of benzene rings is 2. The van der Waals surface area contributed by atoms with Crippen LogP contribution in [0, 0.1) is 0 Å². The second kappa shape index (κ2) is 6.42. The fourth-order valence-electron chi connectivity index (χ4n) is 2.65. The zero-order valence-corrected chi connectivity index (χ0v) is 15.2. The Morgan fingerprint density at radius 1 is 1.17 bits per heavy atom. The minimum atomic E-state index is -2.55. The maximum atomic E-state index is 12.9. The molecule has 0 saturated carbocycles. The monoisotopic (exact) mass is 361 g/mol. The van der Waals surface area contributed by atoms with Crippen LogP contribution in [0.5, 0.6) is 5.75 Å².